The number of nitrogens with one attached hydrogen (secondary N) is 3. The second-order valence-corrected chi connectivity index (χ2v) is 7.20. The van der Waals surface area contributed by atoms with E-state index < -0.39 is 5.82 Å². The number of hydrogen-bond donors (Lipinski definition) is 3. The fourth-order valence-corrected chi connectivity index (χ4v) is 3.85. The van der Waals surface area contributed by atoms with Crippen molar-refractivity contribution in [3.8, 4) is 0 Å². The Bertz CT molecular complexity index is 1180. The first-order chi connectivity index (χ1) is 13.6. The van der Waals surface area contributed by atoms with Crippen LogP contribution in [0.5, 0.6) is 0 Å². The zero-order chi connectivity index (χ0) is 19.3. The van der Waals surface area contributed by atoms with Crippen molar-refractivity contribution in [3.05, 3.63) is 41.1 Å². The number of anilines is 3. The first kappa shape index (κ1) is 17.2. The summed E-state index contributed by atoms with van der Waals surface area (Å²) in [6.07, 6.45) is 1.67. The second kappa shape index (κ2) is 6.61. The van der Waals surface area contributed by atoms with Crippen LogP contribution in [0, 0.1) is 12.7 Å². The molecule has 0 spiro atoms. The molecular weight excluding hydrogens is 383 g/mol. The zero-order valence-electron chi connectivity index (χ0n) is 15.1. The topological polar surface area (TPSA) is 86.2 Å². The number of halogens is 2. The van der Waals surface area contributed by atoms with E-state index in [1.54, 1.807) is 13.1 Å². The molecule has 1 saturated heterocycles. The van der Waals surface area contributed by atoms with Gasteiger partial charge in [-0.05, 0) is 19.1 Å². The molecule has 0 bridgehead atoms. The van der Waals surface area contributed by atoms with Crippen molar-refractivity contribution < 1.29 is 4.39 Å². The van der Waals surface area contributed by atoms with Gasteiger partial charge >= 0.3 is 0 Å². The number of rotatable bonds is 3. The minimum absolute atomic E-state index is 0.189. The number of fused-ring (bicyclic) bond motifs is 2. The van der Waals surface area contributed by atoms with Crippen molar-refractivity contribution >= 4 is 45.3 Å². The lowest BCUT2D eigenvalue weighted by molar-refractivity contribution is 0.589. The van der Waals surface area contributed by atoms with E-state index in [0.717, 1.165) is 42.8 Å². The Morgan fingerprint density at radius 2 is 2.04 bits per heavy atom. The molecule has 1 aliphatic heterocycles. The molecule has 1 fully saturated rings. The van der Waals surface area contributed by atoms with Gasteiger partial charge in [0.05, 0.1) is 27.8 Å². The highest BCUT2D eigenvalue weighted by molar-refractivity contribution is 6.36. The van der Waals surface area contributed by atoms with Crippen LogP contribution in [0.25, 0.3) is 16.6 Å². The van der Waals surface area contributed by atoms with E-state index in [9.17, 15) is 4.39 Å². The summed E-state index contributed by atoms with van der Waals surface area (Å²) in [5.41, 5.74) is 2.57. The summed E-state index contributed by atoms with van der Waals surface area (Å²) in [6, 6.07) is 5.35. The van der Waals surface area contributed by atoms with Crippen LogP contribution >= 0.6 is 11.6 Å². The Labute approximate surface area is 164 Å². The third-order valence-corrected chi connectivity index (χ3v) is 5.14. The maximum atomic E-state index is 14.3. The van der Waals surface area contributed by atoms with Gasteiger partial charge in [-0.1, -0.05) is 11.6 Å². The van der Waals surface area contributed by atoms with Gasteiger partial charge in [-0.15, -0.1) is 0 Å². The normalized spacial score (nSPS) is 14.9. The Morgan fingerprint density at radius 3 is 2.86 bits per heavy atom. The zero-order valence-corrected chi connectivity index (χ0v) is 15.9. The monoisotopic (exact) mass is 400 g/mol. The van der Waals surface area contributed by atoms with Crippen molar-refractivity contribution in [2.24, 2.45) is 0 Å². The standard InChI is InChI=1S/C18H18ClFN8/c1-10-22-18-14(20)6-11(9-28(18)26-10)23-17-16-13(19)7-12(8-15(16)24-25-17)27-4-2-21-3-5-27/h6-9,21H,2-5H2,1H3,(H2,23,24,25). The summed E-state index contributed by atoms with van der Waals surface area (Å²) < 4.78 is 15.7. The minimum Gasteiger partial charge on any atom is -0.369 e. The molecule has 0 amide bonds. The van der Waals surface area contributed by atoms with Crippen molar-refractivity contribution in [2.75, 3.05) is 36.4 Å². The number of nitrogens with zero attached hydrogens (tertiary/aromatic N) is 5. The Hall–Kier alpha value is -2.91. The summed E-state index contributed by atoms with van der Waals surface area (Å²) in [7, 11) is 0. The summed E-state index contributed by atoms with van der Waals surface area (Å²) >= 11 is 6.58. The third-order valence-electron chi connectivity index (χ3n) is 4.84. The van der Waals surface area contributed by atoms with E-state index in [1.165, 1.54) is 10.6 Å². The predicted molar refractivity (Wildman–Crippen MR) is 107 cm³/mol. The highest BCUT2D eigenvalue weighted by Gasteiger charge is 2.17. The molecule has 3 N–H and O–H groups in total. The number of aryl methyl sites for hydroxylation is 1. The van der Waals surface area contributed by atoms with E-state index in [2.05, 4.69) is 35.8 Å². The average molecular weight is 401 g/mol. The second-order valence-electron chi connectivity index (χ2n) is 6.79. The molecule has 4 aromatic rings. The van der Waals surface area contributed by atoms with Crippen LogP contribution in [-0.4, -0.2) is 51.0 Å². The van der Waals surface area contributed by atoms with Crippen LogP contribution < -0.4 is 15.5 Å². The van der Waals surface area contributed by atoms with Gasteiger partial charge in [0.25, 0.3) is 0 Å². The molecular formula is C18H18ClFN8. The Morgan fingerprint density at radius 1 is 1.21 bits per heavy atom. The molecule has 4 heterocycles. The fourth-order valence-electron chi connectivity index (χ4n) is 3.55. The van der Waals surface area contributed by atoms with Crippen LogP contribution in [0.4, 0.5) is 21.6 Å². The van der Waals surface area contributed by atoms with E-state index >= 15 is 0 Å². The SMILES string of the molecule is Cc1nc2c(F)cc(Nc3n[nH]c4cc(N5CCNCC5)cc(Cl)c34)cn2n1. The first-order valence-electron chi connectivity index (χ1n) is 9.01. The minimum atomic E-state index is -0.461. The molecule has 1 aliphatic rings. The molecule has 0 aliphatic carbocycles. The number of hydrogen-bond acceptors (Lipinski definition) is 6. The predicted octanol–water partition coefficient (Wildman–Crippen LogP) is 2.86. The van der Waals surface area contributed by atoms with Gasteiger partial charge in [0.2, 0.25) is 0 Å². The van der Waals surface area contributed by atoms with Crippen LogP contribution in [0.15, 0.2) is 24.4 Å². The fraction of sp³-hybridized carbons (Fsp3) is 0.278. The van der Waals surface area contributed by atoms with Gasteiger partial charge in [0, 0.05) is 37.9 Å². The van der Waals surface area contributed by atoms with Gasteiger partial charge in [0.15, 0.2) is 17.3 Å². The molecule has 0 saturated carbocycles. The van der Waals surface area contributed by atoms with Crippen molar-refractivity contribution in [1.82, 2.24) is 30.1 Å². The number of pyridine rings is 1. The number of piperazine rings is 1. The van der Waals surface area contributed by atoms with E-state index in [4.69, 9.17) is 11.6 Å². The van der Waals surface area contributed by atoms with Crippen LogP contribution in [0.1, 0.15) is 5.82 Å². The molecule has 28 heavy (non-hydrogen) atoms. The molecule has 10 heteroatoms. The maximum absolute atomic E-state index is 14.3. The van der Waals surface area contributed by atoms with E-state index in [0.29, 0.717) is 22.4 Å². The molecule has 0 atom stereocenters. The maximum Gasteiger partial charge on any atom is 0.191 e. The first-order valence-corrected chi connectivity index (χ1v) is 9.39. The highest BCUT2D eigenvalue weighted by Crippen LogP contribution is 2.34. The van der Waals surface area contributed by atoms with Crippen LogP contribution in [0.2, 0.25) is 5.02 Å². The highest BCUT2D eigenvalue weighted by atomic mass is 35.5. The summed E-state index contributed by atoms with van der Waals surface area (Å²) in [4.78, 5) is 6.35. The van der Waals surface area contributed by atoms with Gasteiger partial charge in [-0.25, -0.2) is 13.9 Å². The number of benzene rings is 1. The Kier molecular flexibility index (Phi) is 4.06. The quantitative estimate of drug-likeness (QED) is 0.490. The van der Waals surface area contributed by atoms with E-state index in [1.807, 2.05) is 12.1 Å². The van der Waals surface area contributed by atoms with Gasteiger partial charge in [-0.3, -0.25) is 5.10 Å². The average Bonchev–Trinajstić information content (AvgIpc) is 3.26. The summed E-state index contributed by atoms with van der Waals surface area (Å²) in [5, 5.41) is 19.3. The smallest absolute Gasteiger partial charge is 0.191 e. The largest absolute Gasteiger partial charge is 0.369 e. The molecule has 5 rings (SSSR count). The van der Waals surface area contributed by atoms with E-state index in [-0.39, 0.29) is 5.65 Å². The number of H-pyrrole nitrogens is 1. The number of aromatic amines is 1. The van der Waals surface area contributed by atoms with Gasteiger partial charge < -0.3 is 15.5 Å². The Balaban J connectivity index is 1.51. The molecule has 1 aromatic carbocycles. The molecule has 0 radical (unpaired) electrons. The summed E-state index contributed by atoms with van der Waals surface area (Å²) in [6.45, 7) is 5.47. The van der Waals surface area contributed by atoms with Crippen LogP contribution in [-0.2, 0) is 0 Å². The molecule has 3 aromatic heterocycles. The third kappa shape index (κ3) is 2.92. The number of aromatic nitrogens is 5. The van der Waals surface area contributed by atoms with Crippen molar-refractivity contribution in [3.63, 3.8) is 0 Å². The summed E-state index contributed by atoms with van der Waals surface area (Å²) in [5.74, 6) is 0.574. The molecule has 8 nitrogen and oxygen atoms in total. The lowest BCUT2D eigenvalue weighted by atomic mass is 10.2. The lowest BCUT2D eigenvalue weighted by Gasteiger charge is -2.29. The van der Waals surface area contributed by atoms with Crippen molar-refractivity contribution in [1.29, 1.82) is 0 Å². The van der Waals surface area contributed by atoms with Gasteiger partial charge in [0.1, 0.15) is 5.82 Å². The van der Waals surface area contributed by atoms with Crippen LogP contribution in [0.3, 0.4) is 0 Å². The van der Waals surface area contributed by atoms with Crippen molar-refractivity contribution in [2.45, 2.75) is 6.92 Å². The van der Waals surface area contributed by atoms with Gasteiger partial charge in [-0.2, -0.15) is 10.2 Å². The molecule has 0 unspecified atom stereocenters. The lowest BCUT2D eigenvalue weighted by Crippen LogP contribution is -2.43. The molecule has 144 valence electrons.